The molecule has 0 radical (unpaired) electrons. The van der Waals surface area contributed by atoms with Crippen LogP contribution in [0.4, 0.5) is 9.59 Å². The van der Waals surface area contributed by atoms with Crippen LogP contribution in [0.2, 0.25) is 0 Å². The average Bonchev–Trinajstić information content (AvgIpc) is 2.22. The molecule has 1 aliphatic heterocycles. The van der Waals surface area contributed by atoms with Crippen LogP contribution in [0.25, 0.3) is 0 Å². The molecule has 1 saturated heterocycles. The van der Waals surface area contributed by atoms with Gasteiger partial charge in [-0.3, -0.25) is 10.6 Å². The van der Waals surface area contributed by atoms with Crippen LogP contribution in [-0.2, 0) is 9.05 Å². The van der Waals surface area contributed by atoms with Crippen molar-refractivity contribution in [3.63, 3.8) is 0 Å². The minimum Gasteiger partial charge on any atom is -0.435 e. The lowest BCUT2D eigenvalue weighted by atomic mass is 10.2. The van der Waals surface area contributed by atoms with E-state index in [1.807, 2.05) is 0 Å². The summed E-state index contributed by atoms with van der Waals surface area (Å²) in [6, 6.07) is 0.0182. The Hall–Kier alpha value is -0.970. The number of carbonyl (C=O) groups excluding carboxylic acids is 2. The quantitative estimate of drug-likeness (QED) is 0.332. The van der Waals surface area contributed by atoms with E-state index in [0.717, 1.165) is 0 Å². The molecular formula is C6H12N4O4P2. The Morgan fingerprint density at radius 3 is 2.00 bits per heavy atom. The Bertz CT molecular complexity index is 287. The molecule has 3 N–H and O–H groups in total. The number of hydrogen-bond acceptors (Lipinski definition) is 6. The average molecular weight is 266 g/mol. The molecule has 16 heavy (non-hydrogen) atoms. The van der Waals surface area contributed by atoms with E-state index in [1.165, 1.54) is 0 Å². The molecule has 2 atom stereocenters. The zero-order valence-electron chi connectivity index (χ0n) is 8.23. The lowest BCUT2D eigenvalue weighted by molar-refractivity contribution is 0.210. The van der Waals surface area contributed by atoms with Gasteiger partial charge in [0.15, 0.2) is 0 Å². The molecule has 1 aliphatic rings. The van der Waals surface area contributed by atoms with Crippen molar-refractivity contribution in [1.82, 2.24) is 16.0 Å². The van der Waals surface area contributed by atoms with Crippen LogP contribution in [0.1, 0.15) is 0 Å². The number of guanidine groups is 1. The lowest BCUT2D eigenvalue weighted by Crippen LogP contribution is -2.50. The van der Waals surface area contributed by atoms with Gasteiger partial charge in [-0.25, -0.2) is 14.6 Å². The fraction of sp³-hybridized carbons (Fsp3) is 0.500. The normalized spacial score (nSPS) is 14.4. The molecule has 10 heteroatoms. The highest BCUT2D eigenvalue weighted by atomic mass is 31.0. The maximum atomic E-state index is 10.9. The van der Waals surface area contributed by atoms with Crippen molar-refractivity contribution in [2.45, 2.75) is 6.04 Å². The molecule has 0 bridgehead atoms. The molecule has 8 nitrogen and oxygen atoms in total. The van der Waals surface area contributed by atoms with Crippen LogP contribution in [-0.4, -0.2) is 37.3 Å². The Labute approximate surface area is 96.5 Å². The number of hydrogen-bond donors (Lipinski definition) is 3. The maximum absolute atomic E-state index is 10.9. The first-order chi connectivity index (χ1) is 7.65. The van der Waals surface area contributed by atoms with E-state index in [-0.39, 0.29) is 12.0 Å². The van der Waals surface area contributed by atoms with Gasteiger partial charge in [0.05, 0.1) is 25.0 Å². The van der Waals surface area contributed by atoms with Gasteiger partial charge in [0.25, 0.3) is 0 Å². The Morgan fingerprint density at radius 2 is 1.69 bits per heavy atom. The van der Waals surface area contributed by atoms with Crippen molar-refractivity contribution in [3.05, 3.63) is 0 Å². The summed E-state index contributed by atoms with van der Waals surface area (Å²) in [5, 5.41) is 7.50. The van der Waals surface area contributed by atoms with Crippen LogP contribution in [0.5, 0.6) is 0 Å². The molecule has 0 spiro atoms. The maximum Gasteiger partial charge on any atom is 0.416 e. The third-order valence-electron chi connectivity index (χ3n) is 1.73. The summed E-state index contributed by atoms with van der Waals surface area (Å²) in [4.78, 5) is 25.9. The zero-order valence-corrected chi connectivity index (χ0v) is 10.5. The minimum absolute atomic E-state index is 0.00796. The molecule has 0 aromatic heterocycles. The van der Waals surface area contributed by atoms with Crippen LogP contribution in [0, 0.1) is 0 Å². The Kier molecular flexibility index (Phi) is 5.38. The predicted octanol–water partition coefficient (Wildman–Crippen LogP) is -0.653. The molecule has 1 heterocycles. The second kappa shape index (κ2) is 6.58. The molecular weight excluding hydrogens is 254 g/mol. The van der Waals surface area contributed by atoms with E-state index in [4.69, 9.17) is 0 Å². The summed E-state index contributed by atoms with van der Waals surface area (Å²) in [6.45, 7) is 1.39. The van der Waals surface area contributed by atoms with Gasteiger partial charge in [-0.05, 0) is 0 Å². The largest absolute Gasteiger partial charge is 0.435 e. The van der Waals surface area contributed by atoms with Crippen LogP contribution < -0.4 is 16.0 Å². The van der Waals surface area contributed by atoms with Crippen LogP contribution in [0.3, 0.4) is 0 Å². The topological polar surface area (TPSA) is 101 Å². The number of nitrogens with zero attached hydrogens (tertiary/aromatic N) is 1. The third-order valence-corrected chi connectivity index (χ3v) is 2.15. The summed E-state index contributed by atoms with van der Waals surface area (Å²) >= 11 is 0. The van der Waals surface area contributed by atoms with E-state index in [2.05, 4.69) is 30.0 Å². The molecule has 0 aromatic rings. The zero-order chi connectivity index (χ0) is 12.0. The smallest absolute Gasteiger partial charge is 0.416 e. The molecule has 90 valence electrons. The van der Waals surface area contributed by atoms with E-state index in [0.29, 0.717) is 13.1 Å². The second-order valence-corrected chi connectivity index (χ2v) is 3.32. The van der Waals surface area contributed by atoms with Crippen molar-refractivity contribution in [2.24, 2.45) is 4.99 Å². The number of amides is 2. The van der Waals surface area contributed by atoms with Crippen molar-refractivity contribution in [1.29, 1.82) is 0 Å². The number of aliphatic imine (C=N–C) groups is 1. The first-order valence-corrected chi connectivity index (χ1v) is 5.24. The van der Waals surface area contributed by atoms with E-state index in [1.54, 1.807) is 18.9 Å². The second-order valence-electron chi connectivity index (χ2n) is 2.85. The monoisotopic (exact) mass is 266 g/mol. The molecule has 2 amide bonds. The molecule has 1 fully saturated rings. The predicted molar refractivity (Wildman–Crippen MR) is 62.7 cm³/mol. The first kappa shape index (κ1) is 13.1. The van der Waals surface area contributed by atoms with E-state index < -0.39 is 12.2 Å². The van der Waals surface area contributed by atoms with Gasteiger partial charge in [-0.15, -0.1) is 0 Å². The molecule has 0 aromatic carbocycles. The van der Waals surface area contributed by atoms with E-state index >= 15 is 0 Å². The lowest BCUT2D eigenvalue weighted by Gasteiger charge is -2.24. The van der Waals surface area contributed by atoms with Gasteiger partial charge in [0.2, 0.25) is 5.96 Å². The summed E-state index contributed by atoms with van der Waals surface area (Å²) < 4.78 is 8.60. The summed E-state index contributed by atoms with van der Waals surface area (Å²) in [7, 11) is 3.57. The van der Waals surface area contributed by atoms with Crippen molar-refractivity contribution < 1.29 is 18.6 Å². The fourth-order valence-electron chi connectivity index (χ4n) is 0.895. The van der Waals surface area contributed by atoms with Gasteiger partial charge in [0, 0.05) is 13.1 Å². The standard InChI is InChI=1S/C6H12N4O4P2/c11-5(13-15)9-4(10-6(12)14-16)8-3-1-7-2-3/h3,7H,1-2,15-16H2,(H2,8,9,10,11,12). The highest BCUT2D eigenvalue weighted by molar-refractivity contribution is 7.11. The minimum atomic E-state index is -0.750. The Balaban J connectivity index is 2.56. The van der Waals surface area contributed by atoms with Crippen molar-refractivity contribution >= 4 is 37.1 Å². The van der Waals surface area contributed by atoms with Crippen molar-refractivity contribution in [2.75, 3.05) is 13.1 Å². The van der Waals surface area contributed by atoms with Gasteiger partial charge >= 0.3 is 12.2 Å². The summed E-state index contributed by atoms with van der Waals surface area (Å²) in [5.74, 6) is -0.00796. The highest BCUT2D eigenvalue weighted by Gasteiger charge is 2.18. The summed E-state index contributed by atoms with van der Waals surface area (Å²) in [6.07, 6.45) is -1.50. The highest BCUT2D eigenvalue weighted by Crippen LogP contribution is 1.97. The van der Waals surface area contributed by atoms with Gasteiger partial charge in [-0.1, -0.05) is 0 Å². The van der Waals surface area contributed by atoms with Gasteiger partial charge in [-0.2, -0.15) is 0 Å². The number of carbonyl (C=O) groups is 2. The third kappa shape index (κ3) is 4.26. The molecule has 0 saturated carbocycles. The molecule has 0 aliphatic carbocycles. The fourth-order valence-corrected chi connectivity index (χ4v) is 1.01. The summed E-state index contributed by atoms with van der Waals surface area (Å²) in [5.41, 5.74) is 0. The van der Waals surface area contributed by atoms with Crippen LogP contribution in [0.15, 0.2) is 4.99 Å². The first-order valence-electron chi connectivity index (χ1n) is 4.29. The molecule has 1 rings (SSSR count). The van der Waals surface area contributed by atoms with E-state index in [9.17, 15) is 9.59 Å². The number of nitrogens with one attached hydrogen (secondary N) is 3. The van der Waals surface area contributed by atoms with Crippen molar-refractivity contribution in [3.8, 4) is 0 Å². The van der Waals surface area contributed by atoms with Crippen LogP contribution >= 0.6 is 18.9 Å². The number of rotatable bonds is 1. The van der Waals surface area contributed by atoms with Gasteiger partial charge in [0.1, 0.15) is 0 Å². The SMILES string of the molecule is O=C(NC(=NC1CNC1)NC(=O)OP)OP. The molecule has 2 unspecified atom stereocenters. The van der Waals surface area contributed by atoms with Gasteiger partial charge < -0.3 is 14.4 Å². The Morgan fingerprint density at radius 1 is 1.19 bits per heavy atom.